The number of hydrogen-bond acceptors (Lipinski definition) is 7. The van der Waals surface area contributed by atoms with Crippen LogP contribution in [-0.4, -0.2) is 38.1 Å². The van der Waals surface area contributed by atoms with E-state index in [0.717, 1.165) is 4.57 Å². The molecule has 8 nitrogen and oxygen atoms in total. The van der Waals surface area contributed by atoms with Gasteiger partial charge in [0.05, 0.1) is 0 Å². The van der Waals surface area contributed by atoms with Gasteiger partial charge in [-0.2, -0.15) is 4.98 Å². The van der Waals surface area contributed by atoms with Gasteiger partial charge >= 0.3 is 5.69 Å². The lowest BCUT2D eigenvalue weighted by Crippen LogP contribution is -2.51. The topological polar surface area (TPSA) is 120 Å². The molecular weight excluding hydrogens is 446 g/mol. The van der Waals surface area contributed by atoms with E-state index >= 15 is 0 Å². The summed E-state index contributed by atoms with van der Waals surface area (Å²) in [7, 11) is 0. The summed E-state index contributed by atoms with van der Waals surface area (Å²) >= 11 is 0. The first-order valence-corrected chi connectivity index (χ1v) is 11.2. The Labute approximate surface area is 201 Å². The van der Waals surface area contributed by atoms with Crippen molar-refractivity contribution >= 4 is 5.82 Å². The first kappa shape index (κ1) is 22.8. The minimum atomic E-state index is -1.44. The summed E-state index contributed by atoms with van der Waals surface area (Å²) < 4.78 is 14.1. The zero-order chi connectivity index (χ0) is 24.4. The summed E-state index contributed by atoms with van der Waals surface area (Å²) in [5, 5.41) is 22.4. The van der Waals surface area contributed by atoms with Crippen LogP contribution in [0.4, 0.5) is 5.82 Å². The molecule has 1 aliphatic rings. The van der Waals surface area contributed by atoms with Gasteiger partial charge in [0.15, 0.2) is 11.8 Å². The predicted octanol–water partition coefficient (Wildman–Crippen LogP) is 2.47. The molecule has 0 bridgehead atoms. The van der Waals surface area contributed by atoms with E-state index in [2.05, 4.69) is 4.98 Å². The molecule has 3 aromatic carbocycles. The molecule has 1 aliphatic heterocycles. The van der Waals surface area contributed by atoms with Crippen LogP contribution < -0.4 is 16.2 Å². The number of anilines is 1. The fourth-order valence-corrected chi connectivity index (χ4v) is 4.56. The Kier molecular flexibility index (Phi) is 6.08. The molecule has 4 atom stereocenters. The largest absolute Gasteiger partial charge is 0.475 e. The van der Waals surface area contributed by atoms with E-state index in [1.807, 2.05) is 91.0 Å². The van der Waals surface area contributed by atoms with Crippen LogP contribution in [0, 0.1) is 0 Å². The van der Waals surface area contributed by atoms with Crippen LogP contribution in [0.1, 0.15) is 17.4 Å². The number of nitrogen functional groups attached to an aromatic ring is 1. The number of para-hydroxylation sites is 1. The van der Waals surface area contributed by atoms with Gasteiger partial charge in [-0.05, 0) is 18.2 Å². The zero-order valence-electron chi connectivity index (χ0n) is 18.7. The van der Waals surface area contributed by atoms with Gasteiger partial charge in [0, 0.05) is 17.3 Å². The molecule has 1 aromatic heterocycles. The molecular formula is C27H25N3O5. The molecule has 35 heavy (non-hydrogen) atoms. The molecule has 0 unspecified atom stereocenters. The lowest BCUT2D eigenvalue weighted by molar-refractivity contribution is -0.114. The van der Waals surface area contributed by atoms with Crippen molar-refractivity contribution in [2.45, 2.75) is 30.1 Å². The number of aliphatic hydroxyl groups excluding tert-OH is 2. The van der Waals surface area contributed by atoms with Crippen LogP contribution in [0.5, 0.6) is 5.75 Å². The molecule has 4 N–H and O–H groups in total. The van der Waals surface area contributed by atoms with E-state index in [9.17, 15) is 15.0 Å². The first-order valence-electron chi connectivity index (χ1n) is 11.2. The molecule has 0 amide bonds. The second kappa shape index (κ2) is 9.34. The van der Waals surface area contributed by atoms with Crippen molar-refractivity contribution in [3.63, 3.8) is 0 Å². The van der Waals surface area contributed by atoms with Crippen molar-refractivity contribution in [2.24, 2.45) is 0 Å². The van der Waals surface area contributed by atoms with Gasteiger partial charge in [-0.3, -0.25) is 4.57 Å². The van der Waals surface area contributed by atoms with Crippen molar-refractivity contribution in [1.82, 2.24) is 9.55 Å². The van der Waals surface area contributed by atoms with E-state index in [-0.39, 0.29) is 5.82 Å². The number of rotatable bonds is 6. The van der Waals surface area contributed by atoms with Crippen LogP contribution >= 0.6 is 0 Å². The number of ether oxygens (including phenoxy) is 2. The maximum atomic E-state index is 12.5. The van der Waals surface area contributed by atoms with Crippen molar-refractivity contribution in [3.8, 4) is 5.75 Å². The highest BCUT2D eigenvalue weighted by Gasteiger charge is 2.57. The Bertz CT molecular complexity index is 1290. The third-order valence-electron chi connectivity index (χ3n) is 6.19. The van der Waals surface area contributed by atoms with Gasteiger partial charge in [0.25, 0.3) is 0 Å². The summed E-state index contributed by atoms with van der Waals surface area (Å²) in [5.74, 6) is 0.589. The molecule has 0 saturated carbocycles. The summed E-state index contributed by atoms with van der Waals surface area (Å²) in [6.45, 7) is 0. The lowest BCUT2D eigenvalue weighted by atomic mass is 9.79. The van der Waals surface area contributed by atoms with Gasteiger partial charge in [-0.25, -0.2) is 4.79 Å². The fourth-order valence-electron chi connectivity index (χ4n) is 4.56. The maximum Gasteiger partial charge on any atom is 0.351 e. The molecule has 5 rings (SSSR count). The fraction of sp³-hybridized carbons (Fsp3) is 0.185. The Morgan fingerprint density at radius 3 is 1.91 bits per heavy atom. The molecule has 2 heterocycles. The van der Waals surface area contributed by atoms with Crippen molar-refractivity contribution in [2.75, 3.05) is 5.73 Å². The minimum Gasteiger partial charge on any atom is -0.475 e. The van der Waals surface area contributed by atoms with Gasteiger partial charge in [0.1, 0.15) is 29.9 Å². The Balaban J connectivity index is 1.70. The van der Waals surface area contributed by atoms with Crippen LogP contribution in [0.25, 0.3) is 0 Å². The van der Waals surface area contributed by atoms with Crippen LogP contribution in [-0.2, 0) is 10.3 Å². The smallest absolute Gasteiger partial charge is 0.351 e. The second-order valence-corrected chi connectivity index (χ2v) is 8.35. The molecule has 0 radical (unpaired) electrons. The highest BCUT2D eigenvalue weighted by atomic mass is 16.6. The molecule has 0 spiro atoms. The third-order valence-corrected chi connectivity index (χ3v) is 6.19. The quantitative estimate of drug-likeness (QED) is 0.395. The van der Waals surface area contributed by atoms with Crippen molar-refractivity contribution in [1.29, 1.82) is 0 Å². The lowest BCUT2D eigenvalue weighted by Gasteiger charge is -2.41. The highest BCUT2D eigenvalue weighted by molar-refractivity contribution is 5.42. The SMILES string of the molecule is Nc1ccn([C@@H]2O[C@H](C(Oc3ccccc3)(c3ccccc3)c3ccccc3)[C@@H](O)[C@H]2O)c(=O)n1. The van der Waals surface area contributed by atoms with Crippen molar-refractivity contribution < 1.29 is 19.7 Å². The number of nitrogens with two attached hydrogens (primary N) is 1. The van der Waals surface area contributed by atoms with Gasteiger partial charge in [0.2, 0.25) is 0 Å². The van der Waals surface area contributed by atoms with Crippen LogP contribution in [0.2, 0.25) is 0 Å². The number of benzene rings is 3. The molecule has 178 valence electrons. The molecule has 8 heteroatoms. The summed E-state index contributed by atoms with van der Waals surface area (Å²) in [4.78, 5) is 16.3. The highest BCUT2D eigenvalue weighted by Crippen LogP contribution is 2.46. The summed E-state index contributed by atoms with van der Waals surface area (Å²) in [6.07, 6.45) is -3.76. The van der Waals surface area contributed by atoms with E-state index in [1.165, 1.54) is 12.3 Å². The van der Waals surface area contributed by atoms with Crippen LogP contribution in [0.15, 0.2) is 108 Å². The number of hydrogen-bond donors (Lipinski definition) is 3. The average Bonchev–Trinajstić information content (AvgIpc) is 3.18. The molecule has 1 saturated heterocycles. The number of aliphatic hydroxyl groups is 2. The Hall–Kier alpha value is -3.98. The van der Waals surface area contributed by atoms with E-state index in [0.29, 0.717) is 16.9 Å². The maximum absolute atomic E-state index is 12.5. The van der Waals surface area contributed by atoms with E-state index < -0.39 is 35.8 Å². The van der Waals surface area contributed by atoms with E-state index in [4.69, 9.17) is 15.2 Å². The number of aromatic nitrogens is 2. The van der Waals surface area contributed by atoms with Crippen LogP contribution in [0.3, 0.4) is 0 Å². The summed E-state index contributed by atoms with van der Waals surface area (Å²) in [5.41, 5.74) is 4.96. The minimum absolute atomic E-state index is 0.0474. The van der Waals surface area contributed by atoms with Crippen molar-refractivity contribution in [3.05, 3.63) is 125 Å². The zero-order valence-corrected chi connectivity index (χ0v) is 18.7. The van der Waals surface area contributed by atoms with E-state index in [1.54, 1.807) is 0 Å². The Morgan fingerprint density at radius 1 is 0.829 bits per heavy atom. The van der Waals surface area contributed by atoms with Gasteiger partial charge in [-0.1, -0.05) is 78.9 Å². The third kappa shape index (κ3) is 4.08. The van der Waals surface area contributed by atoms with Gasteiger partial charge < -0.3 is 25.4 Å². The molecule has 0 aliphatic carbocycles. The summed E-state index contributed by atoms with van der Waals surface area (Å²) in [6, 6.07) is 29.4. The standard InChI is InChI=1S/C27H25N3O5/c28-21-16-17-30(26(33)29-21)25-23(32)22(31)24(34-25)27(18-10-4-1-5-11-18,19-12-6-2-7-13-19)35-20-14-8-3-9-15-20/h1-17,22-25,31-32H,(H2,28,29,33)/t22-,23+,24-,25+/m0/s1. The predicted molar refractivity (Wildman–Crippen MR) is 130 cm³/mol. The average molecular weight is 472 g/mol. The second-order valence-electron chi connectivity index (χ2n) is 8.35. The van der Waals surface area contributed by atoms with Gasteiger partial charge in [-0.15, -0.1) is 0 Å². The Morgan fingerprint density at radius 2 is 1.37 bits per heavy atom. The normalized spacial score (nSPS) is 22.1. The monoisotopic (exact) mass is 471 g/mol. The number of nitrogens with zero attached hydrogens (tertiary/aromatic N) is 2. The molecule has 1 fully saturated rings. The first-order chi connectivity index (χ1) is 17.0. The molecule has 4 aromatic rings.